The van der Waals surface area contributed by atoms with Crippen molar-refractivity contribution in [3.8, 4) is 0 Å². The summed E-state index contributed by atoms with van der Waals surface area (Å²) < 4.78 is 30.2. The highest BCUT2D eigenvalue weighted by molar-refractivity contribution is 7.84. The number of ether oxygens (including phenoxy) is 3. The normalized spacial score (nSPS) is 15.4. The lowest BCUT2D eigenvalue weighted by Crippen LogP contribution is -2.45. The Morgan fingerprint density at radius 1 is 1.04 bits per heavy atom. The van der Waals surface area contributed by atoms with Crippen LogP contribution in [0.4, 0.5) is 4.79 Å². The maximum Gasteiger partial charge on any atom is 0.509 e. The Morgan fingerprint density at radius 2 is 1.59 bits per heavy atom. The smallest absolute Gasteiger partial charge is 0.466 e. The Balaban J connectivity index is 3.23. The zero-order valence-electron chi connectivity index (χ0n) is 16.9. The molecular formula is C19H29NO6S. The molecule has 27 heavy (non-hydrogen) atoms. The molecule has 0 aliphatic carbocycles. The van der Waals surface area contributed by atoms with Crippen molar-refractivity contribution in [2.45, 2.75) is 64.0 Å². The first kappa shape index (κ1) is 23.1. The zero-order chi connectivity index (χ0) is 20.8. The second-order valence-corrected chi connectivity index (χ2v) is 9.91. The molecule has 0 aromatic heterocycles. The maximum atomic E-state index is 12.7. The van der Waals surface area contributed by atoms with Gasteiger partial charge in [0.25, 0.3) is 0 Å². The Morgan fingerprint density at radius 3 is 2.04 bits per heavy atom. The number of rotatable bonds is 6. The van der Waals surface area contributed by atoms with Crippen LogP contribution in [0.2, 0.25) is 0 Å². The molecule has 0 saturated heterocycles. The van der Waals surface area contributed by atoms with Crippen LogP contribution in [0.15, 0.2) is 30.3 Å². The van der Waals surface area contributed by atoms with E-state index in [4.69, 9.17) is 14.2 Å². The lowest BCUT2D eigenvalue weighted by Gasteiger charge is -2.29. The van der Waals surface area contributed by atoms with Crippen LogP contribution in [0.25, 0.3) is 0 Å². The molecule has 0 fully saturated rings. The predicted octanol–water partition coefficient (Wildman–Crippen LogP) is 3.27. The molecule has 0 amide bonds. The van der Waals surface area contributed by atoms with E-state index in [2.05, 4.69) is 4.72 Å². The van der Waals surface area contributed by atoms with Crippen molar-refractivity contribution in [2.24, 2.45) is 0 Å². The second kappa shape index (κ2) is 9.32. The summed E-state index contributed by atoms with van der Waals surface area (Å²) in [6.45, 7) is 10.4. The van der Waals surface area contributed by atoms with Crippen molar-refractivity contribution in [1.29, 1.82) is 0 Å². The van der Waals surface area contributed by atoms with Crippen LogP contribution in [-0.4, -0.2) is 39.9 Å². The van der Waals surface area contributed by atoms with Crippen LogP contribution >= 0.6 is 0 Å². The van der Waals surface area contributed by atoms with E-state index < -0.39 is 45.6 Å². The van der Waals surface area contributed by atoms with E-state index in [-0.39, 0.29) is 0 Å². The first-order valence-electron chi connectivity index (χ1n) is 8.55. The summed E-state index contributed by atoms with van der Waals surface area (Å²) in [5.74, 6) is -0.784. The molecule has 1 aromatic carbocycles. The molecule has 3 atom stereocenters. The fourth-order valence-corrected chi connectivity index (χ4v) is 2.85. The molecule has 1 aromatic rings. The molecule has 0 heterocycles. The molecule has 152 valence electrons. The van der Waals surface area contributed by atoms with Gasteiger partial charge in [-0.1, -0.05) is 30.3 Å². The van der Waals surface area contributed by atoms with Gasteiger partial charge in [0.15, 0.2) is 0 Å². The highest BCUT2D eigenvalue weighted by Gasteiger charge is 2.38. The highest BCUT2D eigenvalue weighted by atomic mass is 32.2. The minimum atomic E-state index is -1.53. The average Bonchev–Trinajstić information content (AvgIpc) is 2.55. The quantitative estimate of drug-likeness (QED) is 0.738. The van der Waals surface area contributed by atoms with Crippen molar-refractivity contribution < 1.29 is 28.0 Å². The standard InChI is InChI=1S/C19H29NO6S/c1-18(2,3)26-17(22)25-15(16(21)24-7)14(13-11-9-8-10-12-13)20-27(23)19(4,5)6/h8-12,14-15,20H,1-7H3/t14-,15+,27+/m0/s1. The van der Waals surface area contributed by atoms with Gasteiger partial charge in [0.1, 0.15) is 5.60 Å². The Bertz CT molecular complexity index is 663. The molecule has 0 unspecified atom stereocenters. The van der Waals surface area contributed by atoms with E-state index in [1.165, 1.54) is 7.11 Å². The third-order valence-corrected chi connectivity index (χ3v) is 4.88. The van der Waals surface area contributed by atoms with Gasteiger partial charge in [-0.25, -0.2) is 18.5 Å². The lowest BCUT2D eigenvalue weighted by molar-refractivity contribution is -0.154. The molecule has 0 saturated carbocycles. The average molecular weight is 400 g/mol. The lowest BCUT2D eigenvalue weighted by atomic mass is 10.0. The van der Waals surface area contributed by atoms with E-state index in [0.717, 1.165) is 0 Å². The van der Waals surface area contributed by atoms with Crippen LogP contribution in [0, 0.1) is 0 Å². The number of nitrogens with one attached hydrogen (secondary N) is 1. The highest BCUT2D eigenvalue weighted by Crippen LogP contribution is 2.24. The van der Waals surface area contributed by atoms with E-state index in [9.17, 15) is 13.8 Å². The van der Waals surface area contributed by atoms with E-state index in [1.807, 2.05) is 6.07 Å². The predicted molar refractivity (Wildman–Crippen MR) is 103 cm³/mol. The maximum absolute atomic E-state index is 12.7. The SMILES string of the molecule is COC(=O)[C@H](OC(=O)OC(C)(C)C)[C@@H](N[S@](=O)C(C)(C)C)c1ccccc1. The number of esters is 1. The van der Waals surface area contributed by atoms with Crippen molar-refractivity contribution in [1.82, 2.24) is 4.72 Å². The zero-order valence-corrected chi connectivity index (χ0v) is 17.7. The third kappa shape index (κ3) is 7.68. The number of methoxy groups -OCH3 is 1. The molecule has 1 rings (SSSR count). The Kier molecular flexibility index (Phi) is 7.98. The van der Waals surface area contributed by atoms with Gasteiger partial charge in [0.2, 0.25) is 6.10 Å². The molecule has 0 aliphatic rings. The minimum absolute atomic E-state index is 0.598. The largest absolute Gasteiger partial charge is 0.509 e. The molecule has 0 radical (unpaired) electrons. The van der Waals surface area contributed by atoms with Gasteiger partial charge >= 0.3 is 12.1 Å². The monoisotopic (exact) mass is 399 g/mol. The number of benzene rings is 1. The number of hydrogen-bond acceptors (Lipinski definition) is 6. The second-order valence-electron chi connectivity index (χ2n) is 7.91. The van der Waals surface area contributed by atoms with Gasteiger partial charge in [0.05, 0.1) is 28.9 Å². The number of hydrogen-bond donors (Lipinski definition) is 1. The van der Waals surface area contributed by atoms with E-state index >= 15 is 0 Å². The number of carbonyl (C=O) groups is 2. The summed E-state index contributed by atoms with van der Waals surface area (Å²) in [6, 6.07) is 7.95. The summed E-state index contributed by atoms with van der Waals surface area (Å²) in [4.78, 5) is 24.5. The third-order valence-electron chi connectivity index (χ3n) is 3.30. The van der Waals surface area contributed by atoms with Crippen molar-refractivity contribution >= 4 is 23.1 Å². The summed E-state index contributed by atoms with van der Waals surface area (Å²) >= 11 is 0. The van der Waals surface area contributed by atoms with Crippen molar-refractivity contribution in [3.05, 3.63) is 35.9 Å². The Labute approximate surface area is 163 Å². The molecule has 0 bridgehead atoms. The van der Waals surface area contributed by atoms with E-state index in [0.29, 0.717) is 5.56 Å². The van der Waals surface area contributed by atoms with Gasteiger partial charge < -0.3 is 14.2 Å². The van der Waals surface area contributed by atoms with Gasteiger partial charge in [-0.15, -0.1) is 0 Å². The molecule has 0 aliphatic heterocycles. The summed E-state index contributed by atoms with van der Waals surface area (Å²) in [7, 11) is -0.340. The topological polar surface area (TPSA) is 90.9 Å². The first-order valence-corrected chi connectivity index (χ1v) is 9.70. The van der Waals surface area contributed by atoms with Crippen LogP contribution in [0.3, 0.4) is 0 Å². The fourth-order valence-electron chi connectivity index (χ4n) is 2.00. The first-order chi connectivity index (χ1) is 12.3. The van der Waals surface area contributed by atoms with Crippen LogP contribution in [0.1, 0.15) is 53.1 Å². The van der Waals surface area contributed by atoms with Gasteiger partial charge in [-0.05, 0) is 47.1 Å². The van der Waals surface area contributed by atoms with Gasteiger partial charge in [0, 0.05) is 0 Å². The van der Waals surface area contributed by atoms with Crippen molar-refractivity contribution in [3.63, 3.8) is 0 Å². The molecule has 7 nitrogen and oxygen atoms in total. The summed E-state index contributed by atoms with van der Waals surface area (Å²) in [5.41, 5.74) is -0.171. The summed E-state index contributed by atoms with van der Waals surface area (Å²) in [5, 5.41) is 0. The molecule has 1 N–H and O–H groups in total. The van der Waals surface area contributed by atoms with E-state index in [1.54, 1.807) is 65.8 Å². The fraction of sp³-hybridized carbons (Fsp3) is 0.579. The van der Waals surface area contributed by atoms with Gasteiger partial charge in [-0.2, -0.15) is 0 Å². The molecular weight excluding hydrogens is 370 g/mol. The van der Waals surface area contributed by atoms with Crippen LogP contribution in [0.5, 0.6) is 0 Å². The summed E-state index contributed by atoms with van der Waals surface area (Å²) in [6.07, 6.45) is -2.39. The van der Waals surface area contributed by atoms with Gasteiger partial charge in [-0.3, -0.25) is 0 Å². The minimum Gasteiger partial charge on any atom is -0.466 e. The molecule has 8 heteroatoms. The molecule has 0 spiro atoms. The number of carbonyl (C=O) groups excluding carboxylic acids is 2. The van der Waals surface area contributed by atoms with Crippen LogP contribution in [-0.2, 0) is 30.0 Å². The van der Waals surface area contributed by atoms with Crippen LogP contribution < -0.4 is 4.72 Å². The van der Waals surface area contributed by atoms with Crippen molar-refractivity contribution in [2.75, 3.05) is 7.11 Å². The Hall–Kier alpha value is -1.93.